The molecular weight excluding hydrogens is 325 g/mol. The molecule has 0 radical (unpaired) electrons. The summed E-state index contributed by atoms with van der Waals surface area (Å²) in [5.41, 5.74) is 0.248. The van der Waals surface area contributed by atoms with Crippen molar-refractivity contribution in [3.63, 3.8) is 0 Å². The molecule has 0 unspecified atom stereocenters. The van der Waals surface area contributed by atoms with E-state index in [1.54, 1.807) is 24.5 Å². The van der Waals surface area contributed by atoms with Gasteiger partial charge in [0, 0.05) is 18.9 Å². The first kappa shape index (κ1) is 17.3. The number of nitrogens with zero attached hydrogens (tertiary/aromatic N) is 1. The molecule has 0 saturated carbocycles. The summed E-state index contributed by atoms with van der Waals surface area (Å²) in [6, 6.07) is 4.40. The zero-order chi connectivity index (χ0) is 17.5. The van der Waals surface area contributed by atoms with E-state index in [4.69, 9.17) is 0 Å². The molecule has 1 aromatic heterocycles. The minimum atomic E-state index is -1.69. The Morgan fingerprint density at radius 2 is 1.83 bits per heavy atom. The van der Waals surface area contributed by atoms with E-state index in [-0.39, 0.29) is 6.54 Å². The van der Waals surface area contributed by atoms with Crippen LogP contribution in [0.3, 0.4) is 0 Å². The number of amides is 3. The summed E-state index contributed by atoms with van der Waals surface area (Å²) in [6.07, 6.45) is 3.16. The summed E-state index contributed by atoms with van der Waals surface area (Å²) in [5, 5.41) is 6.77. The number of nitrogens with one attached hydrogen (secondary N) is 3. The largest absolute Gasteiger partial charge is 0.334 e. The Morgan fingerprint density at radius 1 is 1.04 bits per heavy atom. The lowest BCUT2D eigenvalue weighted by Crippen LogP contribution is -2.39. The molecule has 6 nitrogen and oxygen atoms in total. The van der Waals surface area contributed by atoms with Crippen LogP contribution in [0.5, 0.6) is 0 Å². The highest BCUT2D eigenvalue weighted by molar-refractivity contribution is 5.94. The summed E-state index contributed by atoms with van der Waals surface area (Å²) in [5.74, 6) is -5.35. The highest BCUT2D eigenvalue weighted by atomic mass is 19.2. The molecule has 3 N–H and O–H groups in total. The van der Waals surface area contributed by atoms with Gasteiger partial charge in [-0.1, -0.05) is 6.07 Å². The zero-order valence-corrected chi connectivity index (χ0v) is 12.3. The lowest BCUT2D eigenvalue weighted by Gasteiger charge is -2.09. The quantitative estimate of drug-likeness (QED) is 0.729. The number of aromatic nitrogens is 1. The Kier molecular flexibility index (Phi) is 5.72. The van der Waals surface area contributed by atoms with Crippen LogP contribution in [0.1, 0.15) is 5.56 Å². The average Bonchev–Trinajstić information content (AvgIpc) is 2.59. The number of halogens is 3. The van der Waals surface area contributed by atoms with Gasteiger partial charge in [-0.15, -0.1) is 0 Å². The molecule has 0 spiro atoms. The van der Waals surface area contributed by atoms with Gasteiger partial charge in [0.25, 0.3) is 0 Å². The molecule has 1 heterocycles. The number of hydrogen-bond donors (Lipinski definition) is 3. The fourth-order valence-electron chi connectivity index (χ4n) is 1.72. The van der Waals surface area contributed by atoms with E-state index in [2.05, 4.69) is 15.6 Å². The van der Waals surface area contributed by atoms with Crippen molar-refractivity contribution in [1.82, 2.24) is 15.6 Å². The van der Waals surface area contributed by atoms with Gasteiger partial charge < -0.3 is 16.0 Å². The third kappa shape index (κ3) is 4.70. The highest BCUT2D eigenvalue weighted by Gasteiger charge is 2.15. The van der Waals surface area contributed by atoms with Crippen molar-refractivity contribution >= 4 is 17.6 Å². The van der Waals surface area contributed by atoms with Crippen LogP contribution in [0.2, 0.25) is 0 Å². The van der Waals surface area contributed by atoms with Crippen molar-refractivity contribution in [3.8, 4) is 0 Å². The summed E-state index contributed by atoms with van der Waals surface area (Å²) in [6.45, 7) is -0.267. The molecule has 0 aliphatic heterocycles. The fourth-order valence-corrected chi connectivity index (χ4v) is 1.72. The first-order valence-corrected chi connectivity index (χ1v) is 6.81. The molecule has 2 rings (SSSR count). The smallest absolute Gasteiger partial charge is 0.315 e. The van der Waals surface area contributed by atoms with Crippen molar-refractivity contribution in [2.45, 2.75) is 6.54 Å². The number of urea groups is 1. The van der Waals surface area contributed by atoms with Crippen molar-refractivity contribution in [3.05, 3.63) is 59.7 Å². The van der Waals surface area contributed by atoms with Gasteiger partial charge in [-0.3, -0.25) is 9.78 Å². The van der Waals surface area contributed by atoms with Crippen LogP contribution in [-0.4, -0.2) is 23.5 Å². The molecular formula is C15H13F3N4O2. The zero-order valence-electron chi connectivity index (χ0n) is 12.3. The number of carbonyl (C=O) groups is 2. The molecule has 0 aliphatic carbocycles. The van der Waals surface area contributed by atoms with Gasteiger partial charge in [0.15, 0.2) is 17.5 Å². The van der Waals surface area contributed by atoms with Crippen LogP contribution in [0.25, 0.3) is 0 Å². The second kappa shape index (κ2) is 7.95. The minimum absolute atomic E-state index is 0.207. The number of anilines is 1. The molecule has 126 valence electrons. The predicted molar refractivity (Wildman–Crippen MR) is 79.4 cm³/mol. The van der Waals surface area contributed by atoms with Crippen LogP contribution >= 0.6 is 0 Å². The van der Waals surface area contributed by atoms with Crippen LogP contribution in [0, 0.1) is 17.5 Å². The van der Waals surface area contributed by atoms with E-state index in [0.717, 1.165) is 11.6 Å². The van der Waals surface area contributed by atoms with E-state index >= 15 is 0 Å². The molecule has 24 heavy (non-hydrogen) atoms. The first-order valence-electron chi connectivity index (χ1n) is 6.81. The highest BCUT2D eigenvalue weighted by Crippen LogP contribution is 2.19. The second-order valence-corrected chi connectivity index (χ2v) is 4.67. The van der Waals surface area contributed by atoms with Gasteiger partial charge in [-0.2, -0.15) is 0 Å². The van der Waals surface area contributed by atoms with Crippen molar-refractivity contribution < 1.29 is 22.8 Å². The lowest BCUT2D eigenvalue weighted by molar-refractivity contribution is -0.115. The molecule has 0 aliphatic rings. The molecule has 9 heteroatoms. The molecule has 0 saturated heterocycles. The number of pyridine rings is 1. The van der Waals surface area contributed by atoms with Gasteiger partial charge in [0.2, 0.25) is 5.91 Å². The van der Waals surface area contributed by atoms with E-state index in [9.17, 15) is 22.8 Å². The molecule has 0 bridgehead atoms. The van der Waals surface area contributed by atoms with Crippen LogP contribution in [0.15, 0.2) is 36.7 Å². The number of hydrogen-bond acceptors (Lipinski definition) is 3. The standard InChI is InChI=1S/C15H13F3N4O2/c16-10-3-4-11(14(18)13(10)17)22-12(23)8-21-15(24)20-7-9-2-1-5-19-6-9/h1-6H,7-8H2,(H,22,23)(H2,20,21,24). The Labute approximate surface area is 135 Å². The Balaban J connectivity index is 1.79. The van der Waals surface area contributed by atoms with E-state index in [0.29, 0.717) is 6.07 Å². The van der Waals surface area contributed by atoms with Gasteiger partial charge >= 0.3 is 6.03 Å². The topological polar surface area (TPSA) is 83.1 Å². The van der Waals surface area contributed by atoms with E-state index in [1.165, 1.54) is 0 Å². The average molecular weight is 338 g/mol. The molecule has 0 atom stereocenters. The SMILES string of the molecule is O=C(CNC(=O)NCc1cccnc1)Nc1ccc(F)c(F)c1F. The molecule has 1 aromatic carbocycles. The normalized spacial score (nSPS) is 10.1. The van der Waals surface area contributed by atoms with Crippen molar-refractivity contribution in [2.75, 3.05) is 11.9 Å². The third-order valence-corrected chi connectivity index (χ3v) is 2.89. The monoisotopic (exact) mass is 338 g/mol. The van der Waals surface area contributed by atoms with Crippen LogP contribution in [0.4, 0.5) is 23.7 Å². The summed E-state index contributed by atoms with van der Waals surface area (Å²) in [4.78, 5) is 27.0. The Bertz CT molecular complexity index is 741. The van der Waals surface area contributed by atoms with Crippen molar-refractivity contribution in [1.29, 1.82) is 0 Å². The second-order valence-electron chi connectivity index (χ2n) is 4.67. The molecule has 3 amide bonds. The van der Waals surface area contributed by atoms with E-state index < -0.39 is 41.6 Å². The summed E-state index contributed by atoms with van der Waals surface area (Å²) in [7, 11) is 0. The number of rotatable bonds is 5. The Hall–Kier alpha value is -3.10. The van der Waals surface area contributed by atoms with Crippen LogP contribution in [-0.2, 0) is 11.3 Å². The predicted octanol–water partition coefficient (Wildman–Crippen LogP) is 1.94. The summed E-state index contributed by atoms with van der Waals surface area (Å²) < 4.78 is 39.2. The fraction of sp³-hybridized carbons (Fsp3) is 0.133. The maximum absolute atomic E-state index is 13.4. The number of carbonyl (C=O) groups excluding carboxylic acids is 2. The maximum atomic E-state index is 13.4. The summed E-state index contributed by atoms with van der Waals surface area (Å²) >= 11 is 0. The van der Waals surface area contributed by atoms with Crippen molar-refractivity contribution in [2.24, 2.45) is 0 Å². The van der Waals surface area contributed by atoms with Gasteiger partial charge in [-0.05, 0) is 23.8 Å². The number of benzene rings is 1. The van der Waals surface area contributed by atoms with Gasteiger partial charge in [-0.25, -0.2) is 18.0 Å². The molecule has 0 fully saturated rings. The lowest BCUT2D eigenvalue weighted by atomic mass is 10.2. The van der Waals surface area contributed by atoms with E-state index in [1.807, 2.05) is 5.32 Å². The minimum Gasteiger partial charge on any atom is -0.334 e. The van der Waals surface area contributed by atoms with Gasteiger partial charge in [0.1, 0.15) is 0 Å². The Morgan fingerprint density at radius 3 is 2.54 bits per heavy atom. The third-order valence-electron chi connectivity index (χ3n) is 2.89. The first-order chi connectivity index (χ1) is 11.5. The van der Waals surface area contributed by atoms with Crippen LogP contribution < -0.4 is 16.0 Å². The molecule has 2 aromatic rings. The van der Waals surface area contributed by atoms with Gasteiger partial charge in [0.05, 0.1) is 12.2 Å². The maximum Gasteiger partial charge on any atom is 0.315 e.